The molecule has 0 aliphatic rings. The molecule has 1 atom stereocenters. The van der Waals surface area contributed by atoms with Gasteiger partial charge in [-0.3, -0.25) is 14.5 Å². The highest BCUT2D eigenvalue weighted by Crippen LogP contribution is 1.93. The summed E-state index contributed by atoms with van der Waals surface area (Å²) in [5.74, 6) is -1.12. The minimum absolute atomic E-state index is 0.101. The molecule has 1 unspecified atom stereocenters. The molecule has 0 radical (unpaired) electrons. The number of rotatable bonds is 4. The molecule has 0 saturated heterocycles. The highest BCUT2D eigenvalue weighted by Gasteiger charge is 2.17. The fourth-order valence-corrected chi connectivity index (χ4v) is 0.631. The molecule has 2 N–H and O–H groups in total. The van der Waals surface area contributed by atoms with Crippen molar-refractivity contribution >= 4 is 11.9 Å². The fraction of sp³-hybridized carbons (Fsp3) is 0.714. The summed E-state index contributed by atoms with van der Waals surface area (Å²) in [7, 11) is 3.11. The predicted molar refractivity (Wildman–Crippen MR) is 43.8 cm³/mol. The Bertz CT molecular complexity index is 181. The van der Waals surface area contributed by atoms with Crippen LogP contribution in [0.15, 0.2) is 0 Å². The van der Waals surface area contributed by atoms with Gasteiger partial charge in [0, 0.05) is 7.05 Å². The van der Waals surface area contributed by atoms with Crippen molar-refractivity contribution in [1.82, 2.24) is 10.2 Å². The van der Waals surface area contributed by atoms with E-state index in [4.69, 9.17) is 5.11 Å². The van der Waals surface area contributed by atoms with Crippen molar-refractivity contribution in [3.63, 3.8) is 0 Å². The second-order valence-electron chi connectivity index (χ2n) is 2.60. The van der Waals surface area contributed by atoms with E-state index in [1.165, 1.54) is 18.9 Å². The summed E-state index contributed by atoms with van der Waals surface area (Å²) in [5.41, 5.74) is 0. The fourth-order valence-electron chi connectivity index (χ4n) is 0.631. The lowest BCUT2D eigenvalue weighted by atomic mass is 10.3. The Hall–Kier alpha value is -1.10. The summed E-state index contributed by atoms with van der Waals surface area (Å²) in [6, 6.07) is -0.637. The average molecular weight is 174 g/mol. The predicted octanol–water partition coefficient (Wildman–Crippen LogP) is -0.863. The second-order valence-corrected chi connectivity index (χ2v) is 2.60. The van der Waals surface area contributed by atoms with E-state index >= 15 is 0 Å². The first-order valence-corrected chi connectivity index (χ1v) is 3.62. The number of carbonyl (C=O) groups excluding carboxylic acids is 1. The van der Waals surface area contributed by atoms with Gasteiger partial charge in [-0.2, -0.15) is 0 Å². The number of aliphatic carboxylic acids is 1. The maximum atomic E-state index is 10.8. The van der Waals surface area contributed by atoms with Crippen molar-refractivity contribution in [2.75, 3.05) is 20.6 Å². The van der Waals surface area contributed by atoms with Crippen LogP contribution in [0.25, 0.3) is 0 Å². The lowest BCUT2D eigenvalue weighted by Gasteiger charge is -2.19. The van der Waals surface area contributed by atoms with Gasteiger partial charge in [-0.25, -0.2) is 0 Å². The normalized spacial score (nSPS) is 12.7. The number of nitrogens with one attached hydrogen (secondary N) is 1. The number of hydrogen-bond donors (Lipinski definition) is 2. The van der Waals surface area contributed by atoms with Gasteiger partial charge in [0.1, 0.15) is 6.04 Å². The smallest absolute Gasteiger partial charge is 0.320 e. The van der Waals surface area contributed by atoms with Gasteiger partial charge < -0.3 is 10.4 Å². The molecule has 5 heteroatoms. The molecule has 0 spiro atoms. The lowest BCUT2D eigenvalue weighted by molar-refractivity contribution is -0.142. The third-order valence-corrected chi connectivity index (χ3v) is 1.69. The Morgan fingerprint density at radius 1 is 1.58 bits per heavy atom. The van der Waals surface area contributed by atoms with E-state index in [9.17, 15) is 9.59 Å². The summed E-state index contributed by atoms with van der Waals surface area (Å²) < 4.78 is 0. The van der Waals surface area contributed by atoms with Crippen molar-refractivity contribution in [3.8, 4) is 0 Å². The van der Waals surface area contributed by atoms with Crippen LogP contribution in [-0.2, 0) is 9.59 Å². The van der Waals surface area contributed by atoms with Crippen molar-refractivity contribution in [1.29, 1.82) is 0 Å². The maximum absolute atomic E-state index is 10.8. The largest absolute Gasteiger partial charge is 0.480 e. The van der Waals surface area contributed by atoms with Gasteiger partial charge in [0.25, 0.3) is 0 Å². The highest BCUT2D eigenvalue weighted by molar-refractivity contribution is 5.79. The van der Waals surface area contributed by atoms with Gasteiger partial charge in [-0.15, -0.1) is 0 Å². The summed E-state index contributed by atoms with van der Waals surface area (Å²) in [6.07, 6.45) is 0. The average Bonchev–Trinajstić information content (AvgIpc) is 2.02. The van der Waals surface area contributed by atoms with Gasteiger partial charge in [0.2, 0.25) is 5.91 Å². The molecule has 0 aromatic heterocycles. The quantitative estimate of drug-likeness (QED) is 0.581. The van der Waals surface area contributed by atoms with Crippen LogP contribution in [0.1, 0.15) is 6.92 Å². The topological polar surface area (TPSA) is 69.6 Å². The van der Waals surface area contributed by atoms with Gasteiger partial charge in [0.05, 0.1) is 6.54 Å². The van der Waals surface area contributed by atoms with Crippen LogP contribution >= 0.6 is 0 Å². The molecule has 0 heterocycles. The molecule has 0 aliphatic carbocycles. The van der Waals surface area contributed by atoms with Gasteiger partial charge in [0.15, 0.2) is 0 Å². The zero-order valence-corrected chi connectivity index (χ0v) is 7.50. The molecule has 0 aromatic carbocycles. The molecule has 1 amide bonds. The van der Waals surface area contributed by atoms with Crippen molar-refractivity contribution in [2.45, 2.75) is 13.0 Å². The van der Waals surface area contributed by atoms with E-state index in [-0.39, 0.29) is 12.5 Å². The Morgan fingerprint density at radius 3 is 2.42 bits per heavy atom. The molecule has 5 nitrogen and oxygen atoms in total. The molecular formula is C7H14N2O3. The molecule has 12 heavy (non-hydrogen) atoms. The first-order valence-electron chi connectivity index (χ1n) is 3.62. The molecular weight excluding hydrogens is 160 g/mol. The summed E-state index contributed by atoms with van der Waals surface area (Å²) in [5, 5.41) is 11.0. The number of carboxylic acid groups (broad SMARTS) is 1. The van der Waals surface area contributed by atoms with Gasteiger partial charge in [-0.1, -0.05) is 0 Å². The number of carboxylic acids is 1. The van der Waals surface area contributed by atoms with E-state index in [0.29, 0.717) is 0 Å². The summed E-state index contributed by atoms with van der Waals surface area (Å²) >= 11 is 0. The zero-order chi connectivity index (χ0) is 9.72. The molecule has 0 aromatic rings. The van der Waals surface area contributed by atoms with E-state index in [0.717, 1.165) is 0 Å². The standard InChI is InChI=1S/C7H14N2O3/c1-5(7(11)12)9(3)4-6(10)8-2/h5H,4H2,1-3H3,(H,8,10)(H,11,12). The zero-order valence-electron chi connectivity index (χ0n) is 7.50. The van der Waals surface area contributed by atoms with Crippen molar-refractivity contribution < 1.29 is 14.7 Å². The van der Waals surface area contributed by atoms with Crippen LogP contribution in [0.3, 0.4) is 0 Å². The van der Waals surface area contributed by atoms with Crippen LogP contribution in [0.2, 0.25) is 0 Å². The minimum Gasteiger partial charge on any atom is -0.480 e. The molecule has 0 fully saturated rings. The molecule has 0 rings (SSSR count). The first kappa shape index (κ1) is 10.9. The van der Waals surface area contributed by atoms with Crippen molar-refractivity contribution in [2.24, 2.45) is 0 Å². The third-order valence-electron chi connectivity index (χ3n) is 1.69. The van der Waals surface area contributed by atoms with Crippen LogP contribution in [0, 0.1) is 0 Å². The number of likely N-dealkylation sites (N-methyl/N-ethyl adjacent to an activating group) is 2. The number of carbonyl (C=O) groups is 2. The minimum atomic E-state index is -0.929. The van der Waals surface area contributed by atoms with Crippen LogP contribution in [0.5, 0.6) is 0 Å². The van der Waals surface area contributed by atoms with Gasteiger partial charge in [-0.05, 0) is 14.0 Å². The van der Waals surface area contributed by atoms with Gasteiger partial charge >= 0.3 is 5.97 Å². The molecule has 0 aliphatic heterocycles. The summed E-state index contributed by atoms with van der Waals surface area (Å²) in [6.45, 7) is 1.63. The Kier molecular flexibility index (Phi) is 4.28. The SMILES string of the molecule is CNC(=O)CN(C)C(C)C(=O)O. The van der Waals surface area contributed by atoms with Crippen LogP contribution in [-0.4, -0.2) is 48.6 Å². The van der Waals surface area contributed by atoms with Crippen LogP contribution in [0.4, 0.5) is 0 Å². The lowest BCUT2D eigenvalue weighted by Crippen LogP contribution is -2.41. The van der Waals surface area contributed by atoms with E-state index < -0.39 is 12.0 Å². The summed E-state index contributed by atoms with van der Waals surface area (Å²) in [4.78, 5) is 22.7. The maximum Gasteiger partial charge on any atom is 0.320 e. The Labute approximate surface area is 71.4 Å². The van der Waals surface area contributed by atoms with E-state index in [1.807, 2.05) is 0 Å². The molecule has 0 saturated carbocycles. The van der Waals surface area contributed by atoms with Crippen molar-refractivity contribution in [3.05, 3.63) is 0 Å². The molecule has 0 bridgehead atoms. The monoisotopic (exact) mass is 174 g/mol. The van der Waals surface area contributed by atoms with E-state index in [1.54, 1.807) is 7.05 Å². The van der Waals surface area contributed by atoms with Crippen LogP contribution < -0.4 is 5.32 Å². The highest BCUT2D eigenvalue weighted by atomic mass is 16.4. The Balaban J connectivity index is 3.94. The number of amides is 1. The molecule has 70 valence electrons. The number of nitrogens with zero attached hydrogens (tertiary/aromatic N) is 1. The van der Waals surface area contributed by atoms with E-state index in [2.05, 4.69) is 5.32 Å². The number of hydrogen-bond acceptors (Lipinski definition) is 3. The Morgan fingerprint density at radius 2 is 2.08 bits per heavy atom. The first-order chi connectivity index (χ1) is 5.49. The third kappa shape index (κ3) is 3.34. The second kappa shape index (κ2) is 4.71.